The van der Waals surface area contributed by atoms with Gasteiger partial charge in [0, 0.05) is 28.6 Å². The summed E-state index contributed by atoms with van der Waals surface area (Å²) < 4.78 is 0. The number of aromatic nitrogens is 1. The van der Waals surface area contributed by atoms with Crippen LogP contribution in [0.15, 0.2) is 47.6 Å². The van der Waals surface area contributed by atoms with Crippen molar-refractivity contribution in [1.82, 2.24) is 4.98 Å². The Morgan fingerprint density at radius 1 is 1.07 bits per heavy atom. The fourth-order valence-corrected chi connectivity index (χ4v) is 2.83. The third-order valence-electron chi connectivity index (χ3n) is 2.47. The zero-order valence-corrected chi connectivity index (χ0v) is 8.42. The van der Waals surface area contributed by atoms with Crippen LogP contribution in [-0.4, -0.2) is 4.98 Å². The third-order valence-corrected chi connectivity index (χ3v) is 3.59. The van der Waals surface area contributed by atoms with Gasteiger partial charge in [0.1, 0.15) is 0 Å². The fourth-order valence-electron chi connectivity index (χ4n) is 1.76. The number of hydrogen-bond acceptors (Lipinski definition) is 2. The van der Waals surface area contributed by atoms with Crippen molar-refractivity contribution < 1.29 is 0 Å². The first-order chi connectivity index (χ1) is 6.95. The van der Waals surface area contributed by atoms with Gasteiger partial charge in [-0.15, -0.1) is 11.8 Å². The van der Waals surface area contributed by atoms with Gasteiger partial charge < -0.3 is 0 Å². The van der Waals surface area contributed by atoms with Crippen LogP contribution < -0.4 is 0 Å². The van der Waals surface area contributed by atoms with Gasteiger partial charge in [-0.1, -0.05) is 18.2 Å². The average molecular weight is 199 g/mol. The molecule has 0 aliphatic carbocycles. The summed E-state index contributed by atoms with van der Waals surface area (Å²) in [5, 5.41) is 0. The number of thioether (sulfide) groups is 1. The minimum Gasteiger partial charge on any atom is -0.264 e. The molecule has 0 atom stereocenters. The molecule has 0 amide bonds. The summed E-state index contributed by atoms with van der Waals surface area (Å²) in [6.45, 7) is 0. The second kappa shape index (κ2) is 3.14. The van der Waals surface area contributed by atoms with E-state index in [1.54, 1.807) is 0 Å². The predicted molar refractivity (Wildman–Crippen MR) is 59.2 cm³/mol. The first-order valence-electron chi connectivity index (χ1n) is 4.60. The number of hydrogen-bond donors (Lipinski definition) is 0. The number of benzene rings is 1. The molecule has 1 nitrogen and oxygen atoms in total. The molecule has 2 heteroatoms. The van der Waals surface area contributed by atoms with Gasteiger partial charge in [0.05, 0.1) is 0 Å². The Morgan fingerprint density at radius 3 is 3.00 bits per heavy atom. The van der Waals surface area contributed by atoms with Crippen LogP contribution in [0.25, 0.3) is 11.1 Å². The largest absolute Gasteiger partial charge is 0.264 e. The lowest BCUT2D eigenvalue weighted by molar-refractivity contribution is 1.24. The van der Waals surface area contributed by atoms with Crippen LogP contribution in [0.3, 0.4) is 0 Å². The third kappa shape index (κ3) is 1.15. The van der Waals surface area contributed by atoms with Crippen LogP contribution in [0.5, 0.6) is 0 Å². The highest BCUT2D eigenvalue weighted by molar-refractivity contribution is 7.98. The average Bonchev–Trinajstić information content (AvgIpc) is 2.29. The lowest BCUT2D eigenvalue weighted by Gasteiger charge is -2.17. The van der Waals surface area contributed by atoms with Crippen molar-refractivity contribution in [1.29, 1.82) is 0 Å². The van der Waals surface area contributed by atoms with Crippen LogP contribution in [0.1, 0.15) is 5.56 Å². The fraction of sp³-hybridized carbons (Fsp3) is 0.0833. The van der Waals surface area contributed by atoms with Gasteiger partial charge in [-0.3, -0.25) is 4.98 Å². The standard InChI is InChI=1S/C12H9NS/c1-2-4-12-10(3-1)11-7-13-6-5-9(11)8-14-12/h1-7H,8H2. The van der Waals surface area contributed by atoms with E-state index in [0.29, 0.717) is 0 Å². The van der Waals surface area contributed by atoms with Crippen LogP contribution >= 0.6 is 11.8 Å². The molecule has 1 aliphatic rings. The zero-order chi connectivity index (χ0) is 9.38. The van der Waals surface area contributed by atoms with Crippen LogP contribution in [0.4, 0.5) is 0 Å². The molecule has 14 heavy (non-hydrogen) atoms. The van der Waals surface area contributed by atoms with E-state index in [4.69, 9.17) is 0 Å². The van der Waals surface area contributed by atoms with Crippen molar-refractivity contribution in [3.63, 3.8) is 0 Å². The second-order valence-corrected chi connectivity index (χ2v) is 4.33. The highest BCUT2D eigenvalue weighted by Crippen LogP contribution is 2.40. The van der Waals surface area contributed by atoms with Gasteiger partial charge in [-0.05, 0) is 23.3 Å². The van der Waals surface area contributed by atoms with Crippen molar-refractivity contribution >= 4 is 11.8 Å². The van der Waals surface area contributed by atoms with Crippen LogP contribution in [0.2, 0.25) is 0 Å². The van der Waals surface area contributed by atoms with Gasteiger partial charge in [0.15, 0.2) is 0 Å². The van der Waals surface area contributed by atoms with E-state index in [1.165, 1.54) is 21.6 Å². The molecule has 0 saturated carbocycles. The Kier molecular flexibility index (Phi) is 1.81. The van der Waals surface area contributed by atoms with E-state index in [9.17, 15) is 0 Å². The predicted octanol–water partition coefficient (Wildman–Crippen LogP) is 3.35. The Morgan fingerprint density at radius 2 is 2.00 bits per heavy atom. The highest BCUT2D eigenvalue weighted by Gasteiger charge is 2.14. The molecule has 0 N–H and O–H groups in total. The highest BCUT2D eigenvalue weighted by atomic mass is 32.2. The smallest absolute Gasteiger partial charge is 0.0349 e. The van der Waals surface area contributed by atoms with Gasteiger partial charge in [-0.2, -0.15) is 0 Å². The molecule has 0 bridgehead atoms. The Hall–Kier alpha value is -1.28. The van der Waals surface area contributed by atoms with Gasteiger partial charge in [0.2, 0.25) is 0 Å². The number of pyridine rings is 1. The SMILES string of the molecule is c1ccc2c(c1)SCc1ccncc1-2. The molecule has 0 fully saturated rings. The van der Waals surface area contributed by atoms with Crippen molar-refractivity contribution in [3.8, 4) is 11.1 Å². The number of nitrogens with zero attached hydrogens (tertiary/aromatic N) is 1. The maximum atomic E-state index is 4.19. The van der Waals surface area contributed by atoms with E-state index >= 15 is 0 Å². The molecule has 2 heterocycles. The Labute approximate surface area is 87.2 Å². The van der Waals surface area contributed by atoms with Crippen molar-refractivity contribution in [2.24, 2.45) is 0 Å². The van der Waals surface area contributed by atoms with Crippen LogP contribution in [0, 0.1) is 0 Å². The Balaban J connectivity index is 2.29. The number of rotatable bonds is 0. The summed E-state index contributed by atoms with van der Waals surface area (Å²) in [5.74, 6) is 1.06. The molecule has 1 aromatic carbocycles. The van der Waals surface area contributed by atoms with Crippen molar-refractivity contribution in [2.75, 3.05) is 0 Å². The van der Waals surface area contributed by atoms with E-state index in [1.807, 2.05) is 24.2 Å². The maximum absolute atomic E-state index is 4.19. The molecular formula is C12H9NS. The quantitative estimate of drug-likeness (QED) is 0.645. The zero-order valence-electron chi connectivity index (χ0n) is 7.60. The van der Waals surface area contributed by atoms with E-state index < -0.39 is 0 Å². The molecule has 1 aromatic heterocycles. The molecule has 0 spiro atoms. The Bertz CT molecular complexity index is 434. The first-order valence-corrected chi connectivity index (χ1v) is 5.59. The van der Waals surface area contributed by atoms with Crippen LogP contribution in [-0.2, 0) is 5.75 Å². The van der Waals surface area contributed by atoms with E-state index in [0.717, 1.165) is 5.75 Å². The summed E-state index contributed by atoms with van der Waals surface area (Å²) >= 11 is 1.90. The molecule has 3 rings (SSSR count). The van der Waals surface area contributed by atoms with Crippen molar-refractivity contribution in [2.45, 2.75) is 10.6 Å². The molecule has 0 unspecified atom stereocenters. The van der Waals surface area contributed by atoms with Gasteiger partial charge >= 0.3 is 0 Å². The molecule has 0 saturated heterocycles. The maximum Gasteiger partial charge on any atom is 0.0349 e. The lowest BCUT2D eigenvalue weighted by Crippen LogP contribution is -1.95. The monoisotopic (exact) mass is 199 g/mol. The van der Waals surface area contributed by atoms with E-state index in [-0.39, 0.29) is 0 Å². The van der Waals surface area contributed by atoms with Crippen molar-refractivity contribution in [3.05, 3.63) is 48.3 Å². The molecule has 1 aliphatic heterocycles. The minimum absolute atomic E-state index is 1.06. The minimum atomic E-state index is 1.06. The first kappa shape index (κ1) is 8.06. The summed E-state index contributed by atoms with van der Waals surface area (Å²) in [6.07, 6.45) is 3.83. The lowest BCUT2D eigenvalue weighted by atomic mass is 10.0. The summed E-state index contributed by atoms with van der Waals surface area (Å²) in [6, 6.07) is 10.6. The molecule has 68 valence electrons. The molecule has 2 aromatic rings. The normalized spacial score (nSPS) is 13.1. The topological polar surface area (TPSA) is 12.9 Å². The molecule has 0 radical (unpaired) electrons. The summed E-state index contributed by atoms with van der Waals surface area (Å²) in [5.41, 5.74) is 4.01. The molecular weight excluding hydrogens is 190 g/mol. The summed E-state index contributed by atoms with van der Waals surface area (Å²) in [4.78, 5) is 5.56. The summed E-state index contributed by atoms with van der Waals surface area (Å²) in [7, 11) is 0. The van der Waals surface area contributed by atoms with Gasteiger partial charge in [0.25, 0.3) is 0 Å². The second-order valence-electron chi connectivity index (χ2n) is 3.32. The van der Waals surface area contributed by atoms with E-state index in [2.05, 4.69) is 35.3 Å². The van der Waals surface area contributed by atoms with Gasteiger partial charge in [-0.25, -0.2) is 0 Å². The number of fused-ring (bicyclic) bond motifs is 3.